The van der Waals surface area contributed by atoms with Crippen molar-refractivity contribution in [3.8, 4) is 0 Å². The highest BCUT2D eigenvalue weighted by Crippen LogP contribution is 2.48. The number of hydrogen-bond acceptors (Lipinski definition) is 3. The van der Waals surface area contributed by atoms with Crippen molar-refractivity contribution < 1.29 is 16.2 Å². The molecule has 7 heteroatoms. The molecule has 120 valence electrons. The second-order valence-electron chi connectivity index (χ2n) is 6.64. The zero-order valence-electron chi connectivity index (χ0n) is 12.5. The molecule has 0 spiro atoms. The van der Waals surface area contributed by atoms with E-state index in [4.69, 9.17) is 3.07 Å². The fourth-order valence-corrected chi connectivity index (χ4v) is 3.48. The van der Waals surface area contributed by atoms with Crippen molar-refractivity contribution in [3.05, 3.63) is 0 Å². The minimum atomic E-state index is -4.36. The lowest BCUT2D eigenvalue weighted by Crippen LogP contribution is -2.56. The van der Waals surface area contributed by atoms with Gasteiger partial charge in [0.15, 0.2) is 6.10 Å². The van der Waals surface area contributed by atoms with Crippen LogP contribution in [-0.4, -0.2) is 49.9 Å². The quantitative estimate of drug-likeness (QED) is 0.708. The second kappa shape index (κ2) is 6.66. The van der Waals surface area contributed by atoms with Crippen LogP contribution in [0.4, 0.5) is 13.2 Å². The lowest BCUT2D eigenvalue weighted by molar-refractivity contribution is -0.232. The number of rotatable bonds is 5. The monoisotopic (exact) mass is 408 g/mol. The molecular formula is C13H24F3IN2O. The summed E-state index contributed by atoms with van der Waals surface area (Å²) < 4.78 is 44.3. The largest absolute Gasteiger partial charge is 0.416 e. The SMILES string of the molecule is CC(C)(CN1CCNCC1)C(C)(C)C(OI)C(F)(F)F. The molecule has 1 N–H and O–H groups in total. The Bertz CT molecular complexity index is 315. The van der Waals surface area contributed by atoms with Gasteiger partial charge in [-0.05, 0) is 5.41 Å². The second-order valence-corrected chi connectivity index (χ2v) is 7.15. The molecular weight excluding hydrogens is 384 g/mol. The number of halogens is 4. The van der Waals surface area contributed by atoms with Gasteiger partial charge in [-0.3, -0.25) is 0 Å². The lowest BCUT2D eigenvalue weighted by Gasteiger charge is -2.48. The first-order valence-electron chi connectivity index (χ1n) is 6.79. The van der Waals surface area contributed by atoms with Crippen molar-refractivity contribution in [2.24, 2.45) is 10.8 Å². The molecule has 3 nitrogen and oxygen atoms in total. The fourth-order valence-electron chi connectivity index (χ4n) is 2.56. The molecule has 1 aliphatic rings. The summed E-state index contributed by atoms with van der Waals surface area (Å²) >= 11 is 1.37. The van der Waals surface area contributed by atoms with E-state index in [0.717, 1.165) is 26.2 Å². The van der Waals surface area contributed by atoms with Crippen LogP contribution in [0.5, 0.6) is 0 Å². The van der Waals surface area contributed by atoms with Crippen LogP contribution in [0.3, 0.4) is 0 Å². The third-order valence-corrected chi connectivity index (χ3v) is 5.12. The molecule has 0 bridgehead atoms. The molecule has 0 saturated carbocycles. The molecule has 20 heavy (non-hydrogen) atoms. The van der Waals surface area contributed by atoms with Gasteiger partial charge in [-0.2, -0.15) is 13.2 Å². The molecule has 0 aromatic carbocycles. The molecule has 0 amide bonds. The van der Waals surface area contributed by atoms with E-state index in [0.29, 0.717) is 6.54 Å². The standard InChI is InChI=1S/C13H24F3IN2O/c1-11(2,9-19-7-5-18-6-8-19)12(3,4)10(20-17)13(14,15)16/h10,18H,5-9H2,1-4H3. The predicted octanol–water partition coefficient (Wildman–Crippen LogP) is 3.24. The first-order chi connectivity index (χ1) is 9.02. The number of hydrogen-bond donors (Lipinski definition) is 1. The maximum atomic E-state index is 13.2. The molecule has 0 radical (unpaired) electrons. The molecule has 0 aromatic rings. The van der Waals surface area contributed by atoms with Crippen molar-refractivity contribution in [1.29, 1.82) is 0 Å². The smallest absolute Gasteiger partial charge is 0.314 e. The van der Waals surface area contributed by atoms with Gasteiger partial charge in [-0.1, -0.05) is 27.7 Å². The summed E-state index contributed by atoms with van der Waals surface area (Å²) in [5.41, 5.74) is -1.53. The molecule has 0 aromatic heterocycles. The predicted molar refractivity (Wildman–Crippen MR) is 81.8 cm³/mol. The third-order valence-electron chi connectivity index (χ3n) is 4.61. The first kappa shape index (κ1) is 18.4. The van der Waals surface area contributed by atoms with Crippen LogP contribution in [-0.2, 0) is 3.07 Å². The number of piperazine rings is 1. The molecule has 1 saturated heterocycles. The molecule has 0 aliphatic carbocycles. The topological polar surface area (TPSA) is 24.5 Å². The van der Waals surface area contributed by atoms with E-state index in [-0.39, 0.29) is 0 Å². The van der Waals surface area contributed by atoms with Crippen LogP contribution in [0, 0.1) is 10.8 Å². The minimum absolute atomic E-state index is 0.518. The van der Waals surface area contributed by atoms with Crippen LogP contribution < -0.4 is 5.32 Å². The highest BCUT2D eigenvalue weighted by Gasteiger charge is 2.56. The van der Waals surface area contributed by atoms with Crippen LogP contribution in [0.1, 0.15) is 27.7 Å². The Balaban J connectivity index is 2.86. The fraction of sp³-hybridized carbons (Fsp3) is 1.00. The van der Waals surface area contributed by atoms with E-state index in [1.165, 1.54) is 23.0 Å². The summed E-state index contributed by atoms with van der Waals surface area (Å²) in [6.07, 6.45) is -6.13. The van der Waals surface area contributed by atoms with Gasteiger partial charge in [-0.25, -0.2) is 0 Å². The maximum Gasteiger partial charge on any atom is 0.416 e. The van der Waals surface area contributed by atoms with Gasteiger partial charge in [-0.15, -0.1) is 0 Å². The summed E-state index contributed by atoms with van der Waals surface area (Å²) in [7, 11) is 0. The Morgan fingerprint density at radius 1 is 1.15 bits per heavy atom. The van der Waals surface area contributed by atoms with Gasteiger partial charge in [0.1, 0.15) is 23.0 Å². The molecule has 1 heterocycles. The van der Waals surface area contributed by atoms with Gasteiger partial charge in [0, 0.05) is 38.1 Å². The maximum absolute atomic E-state index is 13.2. The lowest BCUT2D eigenvalue weighted by atomic mass is 9.64. The van der Waals surface area contributed by atoms with Crippen molar-refractivity contribution >= 4 is 23.0 Å². The summed E-state index contributed by atoms with van der Waals surface area (Å²) in [5.74, 6) is 0. The van der Waals surface area contributed by atoms with Crippen LogP contribution in [0.2, 0.25) is 0 Å². The average Bonchev–Trinajstić information content (AvgIpc) is 2.27. The Labute approximate surface area is 133 Å². The molecule has 1 fully saturated rings. The summed E-state index contributed by atoms with van der Waals surface area (Å²) in [4.78, 5) is 2.22. The normalized spacial score (nSPS) is 21.0. The average molecular weight is 408 g/mol. The molecule has 1 atom stereocenters. The summed E-state index contributed by atoms with van der Waals surface area (Å²) in [6, 6.07) is 0. The van der Waals surface area contributed by atoms with Gasteiger partial charge < -0.3 is 13.3 Å². The van der Waals surface area contributed by atoms with E-state index in [1.807, 2.05) is 13.8 Å². The molecule has 1 aliphatic heterocycles. The van der Waals surface area contributed by atoms with E-state index in [1.54, 1.807) is 13.8 Å². The van der Waals surface area contributed by atoms with Crippen molar-refractivity contribution in [3.63, 3.8) is 0 Å². The van der Waals surface area contributed by atoms with E-state index in [9.17, 15) is 13.2 Å². The van der Waals surface area contributed by atoms with Crippen molar-refractivity contribution in [2.45, 2.75) is 40.0 Å². The van der Waals surface area contributed by atoms with Gasteiger partial charge >= 0.3 is 6.18 Å². The number of alkyl halides is 3. The Hall–Kier alpha value is 0.400. The van der Waals surface area contributed by atoms with Crippen molar-refractivity contribution in [2.75, 3.05) is 32.7 Å². The van der Waals surface area contributed by atoms with Crippen LogP contribution in [0.15, 0.2) is 0 Å². The summed E-state index contributed by atoms with van der Waals surface area (Å²) in [6.45, 7) is 11.2. The first-order valence-corrected chi connectivity index (χ1v) is 7.67. The van der Waals surface area contributed by atoms with E-state index in [2.05, 4.69) is 10.2 Å². The molecule has 1 rings (SSSR count). The van der Waals surface area contributed by atoms with Crippen molar-refractivity contribution in [1.82, 2.24) is 10.2 Å². The highest BCUT2D eigenvalue weighted by molar-refractivity contribution is 14.1. The highest BCUT2D eigenvalue weighted by atomic mass is 127. The minimum Gasteiger partial charge on any atom is -0.314 e. The number of nitrogens with zero attached hydrogens (tertiary/aromatic N) is 1. The summed E-state index contributed by atoms with van der Waals surface area (Å²) in [5, 5.41) is 3.25. The zero-order valence-corrected chi connectivity index (χ0v) is 14.6. The van der Waals surface area contributed by atoms with E-state index >= 15 is 0 Å². The third kappa shape index (κ3) is 4.20. The Morgan fingerprint density at radius 2 is 1.65 bits per heavy atom. The molecule has 1 unspecified atom stereocenters. The Morgan fingerprint density at radius 3 is 2.05 bits per heavy atom. The number of nitrogens with one attached hydrogen (secondary N) is 1. The van der Waals surface area contributed by atoms with Crippen LogP contribution in [0.25, 0.3) is 0 Å². The van der Waals surface area contributed by atoms with Gasteiger partial charge in [0.2, 0.25) is 0 Å². The van der Waals surface area contributed by atoms with Gasteiger partial charge in [0.25, 0.3) is 0 Å². The zero-order chi connectivity index (χ0) is 15.6. The Kier molecular flexibility index (Phi) is 6.14. The van der Waals surface area contributed by atoms with E-state index < -0.39 is 23.1 Å². The van der Waals surface area contributed by atoms with Gasteiger partial charge in [0.05, 0.1) is 0 Å². The van der Waals surface area contributed by atoms with Crippen LogP contribution >= 0.6 is 23.0 Å².